The zero-order valence-electron chi connectivity index (χ0n) is 21.1. The number of hydrogen-bond acceptors (Lipinski definition) is 10. The van der Waals surface area contributed by atoms with Gasteiger partial charge >= 0.3 is 5.97 Å². The van der Waals surface area contributed by atoms with Gasteiger partial charge in [-0.25, -0.2) is 9.78 Å². The summed E-state index contributed by atoms with van der Waals surface area (Å²) in [5.41, 5.74) is 0.00663. The van der Waals surface area contributed by atoms with Gasteiger partial charge in [-0.1, -0.05) is 0 Å². The van der Waals surface area contributed by atoms with Crippen LogP contribution < -0.4 is 21.2 Å². The van der Waals surface area contributed by atoms with Gasteiger partial charge in [-0.15, -0.1) is 0 Å². The van der Waals surface area contributed by atoms with Crippen molar-refractivity contribution in [1.82, 2.24) is 29.2 Å². The summed E-state index contributed by atoms with van der Waals surface area (Å²) in [5.74, 6) is -0.756. The lowest BCUT2D eigenvalue weighted by molar-refractivity contribution is -0.125. The van der Waals surface area contributed by atoms with E-state index in [1.54, 1.807) is 19.1 Å². The zero-order chi connectivity index (χ0) is 27.7. The molecule has 202 valence electrons. The number of carboxylic acid groups (broad SMARTS) is 1. The third-order valence-corrected chi connectivity index (χ3v) is 7.08. The molecule has 0 bridgehead atoms. The second-order valence-electron chi connectivity index (χ2n) is 8.98. The zero-order valence-corrected chi connectivity index (χ0v) is 21.9. The van der Waals surface area contributed by atoms with Crippen LogP contribution in [0.4, 0.5) is 5.82 Å². The van der Waals surface area contributed by atoms with Crippen molar-refractivity contribution >= 4 is 40.3 Å². The van der Waals surface area contributed by atoms with Crippen molar-refractivity contribution in [2.24, 2.45) is 5.92 Å². The van der Waals surface area contributed by atoms with E-state index >= 15 is 0 Å². The van der Waals surface area contributed by atoms with Crippen LogP contribution in [-0.2, 0) is 9.53 Å². The predicted octanol–water partition coefficient (Wildman–Crippen LogP) is 1.19. The molecule has 0 radical (unpaired) electrons. The fraction of sp³-hybridized carbons (Fsp3) is 0.320. The number of aromatic carboxylic acids is 1. The summed E-state index contributed by atoms with van der Waals surface area (Å²) in [6.45, 7) is 5.99. The molecule has 14 heteroatoms. The number of pyridine rings is 3. The van der Waals surface area contributed by atoms with Gasteiger partial charge in [0.1, 0.15) is 11.4 Å². The number of H-pyrrole nitrogens is 1. The maximum absolute atomic E-state index is 13.1. The number of rotatable bonds is 9. The minimum atomic E-state index is -1.37. The van der Waals surface area contributed by atoms with Crippen molar-refractivity contribution in [3.63, 3.8) is 0 Å². The molecule has 1 aliphatic heterocycles. The van der Waals surface area contributed by atoms with Gasteiger partial charge in [0.05, 0.1) is 17.9 Å². The molecule has 0 atom stereocenters. The number of aromatic amines is 1. The lowest BCUT2D eigenvalue weighted by Gasteiger charge is -2.39. The summed E-state index contributed by atoms with van der Waals surface area (Å²) in [5, 5.41) is 13.0. The molecule has 3 N–H and O–H groups in total. The minimum absolute atomic E-state index is 0.0601. The molecular formula is C25H25N7O6S. The average Bonchev–Trinajstić information content (AvgIpc) is 3.36. The van der Waals surface area contributed by atoms with E-state index in [9.17, 15) is 24.3 Å². The van der Waals surface area contributed by atoms with Gasteiger partial charge in [-0.2, -0.15) is 9.36 Å². The Balaban J connectivity index is 1.50. The average molecular weight is 552 g/mol. The van der Waals surface area contributed by atoms with Crippen LogP contribution in [0.2, 0.25) is 0 Å². The number of aromatic nitrogens is 5. The van der Waals surface area contributed by atoms with Crippen molar-refractivity contribution in [1.29, 1.82) is 0 Å². The molecular weight excluding hydrogens is 526 g/mol. The fourth-order valence-electron chi connectivity index (χ4n) is 4.28. The van der Waals surface area contributed by atoms with E-state index in [1.807, 2.05) is 11.8 Å². The summed E-state index contributed by atoms with van der Waals surface area (Å²) < 4.78 is 11.0. The number of fused-ring (bicyclic) bond motifs is 1. The number of nitrogens with zero attached hydrogens (tertiary/aromatic N) is 5. The van der Waals surface area contributed by atoms with E-state index in [4.69, 9.17) is 9.72 Å². The standard InChI is InChI=1S/C25H25N7O6S/c1-3-38-7-6-26-23(35)15-10-31(11-15)17-8-13(2)19-20(34)16(24(36)37)12-32(22(19)28-17)25-29-21(30-39-25)14-4-5-18(33)27-9-14/h4-5,8-9,12,15H,3,6-7,10-11H2,1-2H3,(H,26,35)(H,27,33)(H,36,37). The second-order valence-corrected chi connectivity index (χ2v) is 9.71. The first-order chi connectivity index (χ1) is 18.8. The summed E-state index contributed by atoms with van der Waals surface area (Å²) in [6, 6.07) is 4.64. The van der Waals surface area contributed by atoms with Crippen LogP contribution in [0.3, 0.4) is 0 Å². The first-order valence-electron chi connectivity index (χ1n) is 12.2. The quantitative estimate of drug-likeness (QED) is 0.257. The van der Waals surface area contributed by atoms with Crippen molar-refractivity contribution in [2.75, 3.05) is 37.7 Å². The van der Waals surface area contributed by atoms with Gasteiger partial charge in [0.25, 0.3) is 0 Å². The molecule has 0 aromatic carbocycles. The number of nitrogens with one attached hydrogen (secondary N) is 2. The van der Waals surface area contributed by atoms with Crippen LogP contribution in [0.1, 0.15) is 22.8 Å². The molecule has 1 saturated heterocycles. The summed E-state index contributed by atoms with van der Waals surface area (Å²) in [6.07, 6.45) is 2.68. The normalized spacial score (nSPS) is 13.4. The summed E-state index contributed by atoms with van der Waals surface area (Å²) in [7, 11) is 0. The minimum Gasteiger partial charge on any atom is -0.477 e. The van der Waals surface area contributed by atoms with Gasteiger partial charge in [-0.05, 0) is 31.5 Å². The number of carboxylic acids is 1. The molecule has 0 aliphatic carbocycles. The molecule has 13 nitrogen and oxygen atoms in total. The van der Waals surface area contributed by atoms with Crippen molar-refractivity contribution in [3.8, 4) is 16.5 Å². The molecule has 5 rings (SSSR count). The molecule has 1 fully saturated rings. The Morgan fingerprint density at radius 3 is 2.74 bits per heavy atom. The van der Waals surface area contributed by atoms with Crippen LogP contribution in [0, 0.1) is 12.8 Å². The topological polar surface area (TPSA) is 172 Å². The van der Waals surface area contributed by atoms with E-state index in [2.05, 4.69) is 19.7 Å². The van der Waals surface area contributed by atoms with Crippen LogP contribution in [0.25, 0.3) is 27.6 Å². The Hall–Kier alpha value is -4.43. The van der Waals surface area contributed by atoms with Gasteiger partial charge in [-0.3, -0.25) is 19.0 Å². The number of amides is 1. The highest BCUT2D eigenvalue weighted by molar-refractivity contribution is 7.08. The highest BCUT2D eigenvalue weighted by Crippen LogP contribution is 2.29. The number of carbonyl (C=O) groups is 2. The maximum Gasteiger partial charge on any atom is 0.341 e. The predicted molar refractivity (Wildman–Crippen MR) is 144 cm³/mol. The Morgan fingerprint density at radius 2 is 2.05 bits per heavy atom. The molecule has 0 unspecified atom stereocenters. The molecule has 1 amide bonds. The SMILES string of the molecule is CCOCCNC(=O)C1CN(c2cc(C)c3c(=O)c(C(=O)O)cn(-c4nc(-c5ccc(=O)[nH]c5)ns4)c3n2)C1. The lowest BCUT2D eigenvalue weighted by atomic mass is 9.98. The fourth-order valence-corrected chi connectivity index (χ4v) is 4.95. The Labute approximate surface area is 225 Å². The first kappa shape index (κ1) is 26.2. The Kier molecular flexibility index (Phi) is 7.21. The highest BCUT2D eigenvalue weighted by Gasteiger charge is 2.34. The van der Waals surface area contributed by atoms with Gasteiger partial charge in [0.2, 0.25) is 22.0 Å². The highest BCUT2D eigenvalue weighted by atomic mass is 32.1. The molecule has 5 heterocycles. The van der Waals surface area contributed by atoms with E-state index in [0.717, 1.165) is 11.5 Å². The second kappa shape index (κ2) is 10.7. The number of carbonyl (C=O) groups excluding carboxylic acids is 1. The summed E-state index contributed by atoms with van der Waals surface area (Å²) >= 11 is 0.996. The first-order valence-corrected chi connectivity index (χ1v) is 13.0. The number of anilines is 1. The van der Waals surface area contributed by atoms with Crippen LogP contribution >= 0.6 is 11.5 Å². The third kappa shape index (κ3) is 5.15. The van der Waals surface area contributed by atoms with E-state index in [-0.39, 0.29) is 28.4 Å². The molecule has 39 heavy (non-hydrogen) atoms. The molecule has 0 saturated carbocycles. The summed E-state index contributed by atoms with van der Waals surface area (Å²) in [4.78, 5) is 62.6. The smallest absolute Gasteiger partial charge is 0.341 e. The van der Waals surface area contributed by atoms with Crippen molar-refractivity contribution in [2.45, 2.75) is 13.8 Å². The molecule has 4 aromatic rings. The van der Waals surface area contributed by atoms with E-state index < -0.39 is 17.0 Å². The molecule has 0 spiro atoms. The monoisotopic (exact) mass is 551 g/mol. The third-order valence-electron chi connectivity index (χ3n) is 6.36. The van der Waals surface area contributed by atoms with E-state index in [1.165, 1.54) is 23.0 Å². The van der Waals surface area contributed by atoms with Gasteiger partial charge < -0.3 is 25.0 Å². The Bertz CT molecular complexity index is 1670. The largest absolute Gasteiger partial charge is 0.477 e. The van der Waals surface area contributed by atoms with Crippen molar-refractivity contribution < 1.29 is 19.4 Å². The van der Waals surface area contributed by atoms with Crippen molar-refractivity contribution in [3.05, 3.63) is 62.3 Å². The Morgan fingerprint density at radius 1 is 1.26 bits per heavy atom. The van der Waals surface area contributed by atoms with Gasteiger partial charge in [0.15, 0.2) is 11.5 Å². The lowest BCUT2D eigenvalue weighted by Crippen LogP contribution is -2.54. The van der Waals surface area contributed by atoms with E-state index in [0.29, 0.717) is 60.7 Å². The number of hydrogen-bond donors (Lipinski definition) is 3. The van der Waals surface area contributed by atoms with Gasteiger partial charge in [0, 0.05) is 61.8 Å². The van der Waals surface area contributed by atoms with Crippen LogP contribution in [0.15, 0.2) is 40.2 Å². The molecule has 4 aromatic heterocycles. The van der Waals surface area contributed by atoms with Crippen LogP contribution in [-0.4, -0.2) is 73.7 Å². The number of aryl methyl sites for hydroxylation is 1. The molecule has 1 aliphatic rings. The number of ether oxygens (including phenoxy) is 1. The van der Waals surface area contributed by atoms with Crippen LogP contribution in [0.5, 0.6) is 0 Å². The maximum atomic E-state index is 13.1.